The second-order valence-electron chi connectivity index (χ2n) is 5.19. The first kappa shape index (κ1) is 16.4. The Morgan fingerprint density at radius 1 is 0.562 bits per heavy atom. The topological polar surface area (TPSA) is 0 Å². The summed E-state index contributed by atoms with van der Waals surface area (Å²) in [6.45, 7) is 9.52. The van der Waals surface area contributed by atoms with E-state index < -0.39 is 7.26 Å². The van der Waals surface area contributed by atoms with Crippen LogP contribution in [0.1, 0.15) is 72.6 Å². The van der Waals surface area contributed by atoms with Crippen LogP contribution in [0.4, 0.5) is 0 Å². The van der Waals surface area contributed by atoms with Crippen LogP contribution in [0.15, 0.2) is 0 Å². The molecule has 0 aromatic carbocycles. The van der Waals surface area contributed by atoms with Crippen LogP contribution >= 0.6 is 7.26 Å². The Hall–Kier alpha value is 0.430. The van der Waals surface area contributed by atoms with Crippen molar-refractivity contribution in [3.8, 4) is 0 Å². The quantitative estimate of drug-likeness (QED) is 0.318. The van der Waals surface area contributed by atoms with Crippen molar-refractivity contribution in [2.45, 2.75) is 72.6 Å². The number of rotatable bonds is 11. The van der Waals surface area contributed by atoms with E-state index in [4.69, 9.17) is 0 Å². The van der Waals surface area contributed by atoms with E-state index in [1.807, 2.05) is 0 Å². The van der Waals surface area contributed by atoms with Gasteiger partial charge in [0.2, 0.25) is 0 Å². The summed E-state index contributed by atoms with van der Waals surface area (Å²) in [6.07, 6.45) is 16.3. The first-order valence-electron chi connectivity index (χ1n) is 7.59. The lowest BCUT2D eigenvalue weighted by Gasteiger charge is -2.25. The monoisotopic (exact) mass is 245 g/mol. The van der Waals surface area contributed by atoms with Crippen molar-refractivity contribution in [3.05, 3.63) is 0 Å². The minimum atomic E-state index is -0.523. The fourth-order valence-corrected chi connectivity index (χ4v) is 6.33. The summed E-state index contributed by atoms with van der Waals surface area (Å²) in [5, 5.41) is 0. The molecule has 0 aromatic heterocycles. The maximum absolute atomic E-state index is 2.44. The van der Waals surface area contributed by atoms with Gasteiger partial charge in [-0.15, -0.1) is 0 Å². The highest BCUT2D eigenvalue weighted by Gasteiger charge is 2.31. The highest BCUT2D eigenvalue weighted by Crippen LogP contribution is 2.59. The lowest BCUT2D eigenvalue weighted by molar-refractivity contribution is 0.656. The Kier molecular flexibility index (Phi) is 10.9. The van der Waals surface area contributed by atoms with Crippen molar-refractivity contribution in [1.29, 1.82) is 0 Å². The van der Waals surface area contributed by atoms with Crippen LogP contribution in [0, 0.1) is 0 Å². The summed E-state index contributed by atoms with van der Waals surface area (Å²) in [7, 11) is -0.523. The van der Waals surface area contributed by atoms with Gasteiger partial charge in [0.1, 0.15) is 0 Å². The third kappa shape index (κ3) is 6.89. The largest absolute Gasteiger partial charge is 0.0654 e. The standard InChI is InChI=1S/C15H34P/c1-5-9-11-12-13-15-16(7-3,8-4)14-10-6-2/h5-15H2,1-4H3/q+1. The molecule has 0 saturated carbocycles. The van der Waals surface area contributed by atoms with Crippen LogP contribution < -0.4 is 0 Å². The zero-order valence-corrected chi connectivity index (χ0v) is 13.1. The summed E-state index contributed by atoms with van der Waals surface area (Å²) in [6, 6.07) is 0. The molecule has 0 aromatic rings. The zero-order valence-electron chi connectivity index (χ0n) is 12.2. The summed E-state index contributed by atoms with van der Waals surface area (Å²) >= 11 is 0. The predicted molar refractivity (Wildman–Crippen MR) is 81.4 cm³/mol. The van der Waals surface area contributed by atoms with Gasteiger partial charge in [0.15, 0.2) is 0 Å². The molecule has 0 unspecified atom stereocenters. The van der Waals surface area contributed by atoms with E-state index in [-0.39, 0.29) is 0 Å². The molecule has 0 fully saturated rings. The van der Waals surface area contributed by atoms with Gasteiger partial charge in [0.25, 0.3) is 0 Å². The first-order chi connectivity index (χ1) is 7.74. The lowest BCUT2D eigenvalue weighted by Crippen LogP contribution is -2.09. The van der Waals surface area contributed by atoms with Crippen molar-refractivity contribution >= 4 is 7.26 Å². The highest BCUT2D eigenvalue weighted by atomic mass is 31.2. The van der Waals surface area contributed by atoms with Crippen molar-refractivity contribution < 1.29 is 0 Å². The molecule has 0 amide bonds. The van der Waals surface area contributed by atoms with Gasteiger partial charge >= 0.3 is 0 Å². The van der Waals surface area contributed by atoms with E-state index in [0.29, 0.717) is 0 Å². The maximum atomic E-state index is 2.44. The number of hydrogen-bond donors (Lipinski definition) is 0. The van der Waals surface area contributed by atoms with Crippen molar-refractivity contribution in [1.82, 2.24) is 0 Å². The summed E-state index contributed by atoms with van der Waals surface area (Å²) < 4.78 is 0. The second kappa shape index (κ2) is 10.6. The van der Waals surface area contributed by atoms with Gasteiger partial charge in [-0.1, -0.05) is 39.5 Å². The van der Waals surface area contributed by atoms with E-state index >= 15 is 0 Å². The molecule has 0 N–H and O–H groups in total. The molecule has 0 aliphatic heterocycles. The SMILES string of the molecule is CCCCCCC[P+](CC)(CC)CCCC. The fourth-order valence-electron chi connectivity index (χ4n) is 2.51. The normalized spacial score (nSPS) is 12.0. The Morgan fingerprint density at radius 2 is 1.06 bits per heavy atom. The predicted octanol–water partition coefficient (Wildman–Crippen LogP) is 5.81. The molecule has 0 spiro atoms. The van der Waals surface area contributed by atoms with E-state index in [1.54, 1.807) is 12.3 Å². The van der Waals surface area contributed by atoms with E-state index in [2.05, 4.69) is 27.7 Å². The van der Waals surface area contributed by atoms with E-state index in [0.717, 1.165) is 0 Å². The first-order valence-corrected chi connectivity index (χ1v) is 10.1. The average molecular weight is 245 g/mol. The van der Waals surface area contributed by atoms with Crippen LogP contribution in [0.3, 0.4) is 0 Å². The third-order valence-corrected chi connectivity index (χ3v) is 9.28. The van der Waals surface area contributed by atoms with Gasteiger partial charge in [0.05, 0.1) is 24.6 Å². The Balaban J connectivity index is 3.82. The highest BCUT2D eigenvalue weighted by molar-refractivity contribution is 7.75. The molecule has 0 aliphatic rings. The molecule has 0 rings (SSSR count). The van der Waals surface area contributed by atoms with Gasteiger partial charge in [-0.3, -0.25) is 0 Å². The molecular weight excluding hydrogens is 211 g/mol. The second-order valence-corrected chi connectivity index (χ2v) is 10.0. The maximum Gasteiger partial charge on any atom is 0.0594 e. The fraction of sp³-hybridized carbons (Fsp3) is 1.00. The van der Waals surface area contributed by atoms with Crippen LogP contribution in [0.2, 0.25) is 0 Å². The van der Waals surface area contributed by atoms with Gasteiger partial charge < -0.3 is 0 Å². The molecule has 1 heteroatoms. The molecule has 0 atom stereocenters. The zero-order chi connectivity index (χ0) is 12.3. The van der Waals surface area contributed by atoms with E-state index in [9.17, 15) is 0 Å². The molecule has 0 aliphatic carbocycles. The third-order valence-electron chi connectivity index (χ3n) is 4.06. The van der Waals surface area contributed by atoms with Gasteiger partial charge in [-0.05, 0) is 33.1 Å². The van der Waals surface area contributed by atoms with E-state index in [1.165, 1.54) is 57.3 Å². The minimum absolute atomic E-state index is 0.523. The van der Waals surface area contributed by atoms with Crippen LogP contribution in [-0.2, 0) is 0 Å². The van der Waals surface area contributed by atoms with Crippen molar-refractivity contribution in [2.24, 2.45) is 0 Å². The minimum Gasteiger partial charge on any atom is -0.0654 e. The number of unbranched alkanes of at least 4 members (excludes halogenated alkanes) is 5. The molecule has 16 heavy (non-hydrogen) atoms. The van der Waals surface area contributed by atoms with Crippen LogP contribution in [-0.4, -0.2) is 24.6 Å². The molecule has 0 heterocycles. The van der Waals surface area contributed by atoms with Gasteiger partial charge in [-0.25, -0.2) is 0 Å². The Bertz CT molecular complexity index is 138. The molecule has 98 valence electrons. The molecular formula is C15H34P+. The lowest BCUT2D eigenvalue weighted by atomic mass is 10.2. The van der Waals surface area contributed by atoms with Crippen molar-refractivity contribution in [3.63, 3.8) is 0 Å². The Morgan fingerprint density at radius 3 is 1.56 bits per heavy atom. The van der Waals surface area contributed by atoms with Gasteiger partial charge in [-0.2, -0.15) is 0 Å². The van der Waals surface area contributed by atoms with Crippen LogP contribution in [0.5, 0.6) is 0 Å². The molecule has 0 nitrogen and oxygen atoms in total. The van der Waals surface area contributed by atoms with Crippen LogP contribution in [0.25, 0.3) is 0 Å². The van der Waals surface area contributed by atoms with Crippen molar-refractivity contribution in [2.75, 3.05) is 24.6 Å². The molecule has 0 bridgehead atoms. The summed E-state index contributed by atoms with van der Waals surface area (Å²) in [5.41, 5.74) is 0. The molecule has 0 saturated heterocycles. The summed E-state index contributed by atoms with van der Waals surface area (Å²) in [4.78, 5) is 0. The van der Waals surface area contributed by atoms with Gasteiger partial charge in [0, 0.05) is 7.26 Å². The Labute approximate surface area is 105 Å². The average Bonchev–Trinajstić information content (AvgIpc) is 2.33. The smallest absolute Gasteiger partial charge is 0.0594 e. The molecule has 0 radical (unpaired) electrons. The summed E-state index contributed by atoms with van der Waals surface area (Å²) in [5.74, 6) is 0. The number of hydrogen-bond acceptors (Lipinski definition) is 0.